The fourth-order valence-corrected chi connectivity index (χ4v) is 2.57. The Balaban J connectivity index is 2.16. The Hall–Kier alpha value is -0.980. The van der Waals surface area contributed by atoms with Gasteiger partial charge < -0.3 is 5.73 Å². The van der Waals surface area contributed by atoms with Crippen molar-refractivity contribution in [1.82, 2.24) is 0 Å². The number of aryl methyl sites for hydroxylation is 1. The van der Waals surface area contributed by atoms with Crippen LogP contribution in [-0.4, -0.2) is 0 Å². The lowest BCUT2D eigenvalue weighted by Gasteiger charge is -2.15. The topological polar surface area (TPSA) is 26.0 Å². The summed E-state index contributed by atoms with van der Waals surface area (Å²) in [6.45, 7) is 2.11. The first-order valence-electron chi connectivity index (χ1n) is 6.13. The lowest BCUT2D eigenvalue weighted by Crippen LogP contribution is -1.99. The first-order valence-corrected chi connectivity index (χ1v) is 6.13. The molecule has 15 heavy (non-hydrogen) atoms. The zero-order valence-corrected chi connectivity index (χ0v) is 9.63. The van der Waals surface area contributed by atoms with Crippen molar-refractivity contribution < 1.29 is 0 Å². The van der Waals surface area contributed by atoms with Crippen molar-refractivity contribution in [3.8, 4) is 0 Å². The Morgan fingerprint density at radius 2 is 1.73 bits per heavy atom. The molecule has 2 rings (SSSR count). The Labute approximate surface area is 92.7 Å². The Morgan fingerprint density at radius 3 is 2.33 bits per heavy atom. The van der Waals surface area contributed by atoms with Crippen molar-refractivity contribution >= 4 is 5.69 Å². The third-order valence-electron chi connectivity index (χ3n) is 3.62. The SMILES string of the molecule is Cc1cc(C2CCCCCC2)ccc1N. The second kappa shape index (κ2) is 4.69. The number of nitrogens with two attached hydrogens (primary N) is 1. The third kappa shape index (κ3) is 2.53. The highest BCUT2D eigenvalue weighted by Gasteiger charge is 2.14. The molecule has 1 aromatic rings. The van der Waals surface area contributed by atoms with Gasteiger partial charge >= 0.3 is 0 Å². The standard InChI is InChI=1S/C14H21N/c1-11-10-13(8-9-14(11)15)12-6-4-2-3-5-7-12/h8-10,12H,2-7,15H2,1H3. The summed E-state index contributed by atoms with van der Waals surface area (Å²) in [5.74, 6) is 0.784. The zero-order chi connectivity index (χ0) is 10.7. The molecule has 0 heterocycles. The highest BCUT2D eigenvalue weighted by molar-refractivity contribution is 5.48. The summed E-state index contributed by atoms with van der Waals surface area (Å²) in [6.07, 6.45) is 8.36. The number of hydrogen-bond donors (Lipinski definition) is 1. The summed E-state index contributed by atoms with van der Waals surface area (Å²) in [5.41, 5.74) is 9.51. The summed E-state index contributed by atoms with van der Waals surface area (Å²) in [5, 5.41) is 0. The molecule has 1 aliphatic rings. The molecule has 0 bridgehead atoms. The van der Waals surface area contributed by atoms with Gasteiger partial charge in [0.2, 0.25) is 0 Å². The second-order valence-corrected chi connectivity index (χ2v) is 4.80. The number of nitrogen functional groups attached to an aromatic ring is 1. The third-order valence-corrected chi connectivity index (χ3v) is 3.62. The summed E-state index contributed by atoms with van der Waals surface area (Å²) in [7, 11) is 0. The first kappa shape index (κ1) is 10.5. The van der Waals surface area contributed by atoms with E-state index in [2.05, 4.69) is 25.1 Å². The van der Waals surface area contributed by atoms with Crippen molar-refractivity contribution in [3.63, 3.8) is 0 Å². The van der Waals surface area contributed by atoms with Crippen LogP contribution in [0.5, 0.6) is 0 Å². The second-order valence-electron chi connectivity index (χ2n) is 4.80. The molecule has 0 aromatic heterocycles. The first-order chi connectivity index (χ1) is 7.27. The predicted octanol–water partition coefficient (Wildman–Crippen LogP) is 4.02. The largest absolute Gasteiger partial charge is 0.399 e. The van der Waals surface area contributed by atoms with E-state index in [0.29, 0.717) is 0 Å². The van der Waals surface area contributed by atoms with Gasteiger partial charge in [-0.05, 0) is 42.9 Å². The van der Waals surface area contributed by atoms with Gasteiger partial charge in [-0.2, -0.15) is 0 Å². The number of anilines is 1. The minimum atomic E-state index is 0.784. The van der Waals surface area contributed by atoms with Gasteiger partial charge in [0, 0.05) is 5.69 Å². The van der Waals surface area contributed by atoms with Gasteiger partial charge in [0.25, 0.3) is 0 Å². The fourth-order valence-electron chi connectivity index (χ4n) is 2.57. The van der Waals surface area contributed by atoms with Crippen molar-refractivity contribution in [2.24, 2.45) is 0 Å². The van der Waals surface area contributed by atoms with Crippen LogP contribution < -0.4 is 5.73 Å². The van der Waals surface area contributed by atoms with Crippen LogP contribution in [0.15, 0.2) is 18.2 Å². The summed E-state index contributed by atoms with van der Waals surface area (Å²) >= 11 is 0. The molecular weight excluding hydrogens is 182 g/mol. The minimum Gasteiger partial charge on any atom is -0.399 e. The smallest absolute Gasteiger partial charge is 0.0343 e. The van der Waals surface area contributed by atoms with Crippen LogP contribution in [0.25, 0.3) is 0 Å². The molecule has 0 aliphatic heterocycles. The van der Waals surface area contributed by atoms with Gasteiger partial charge in [-0.25, -0.2) is 0 Å². The molecule has 82 valence electrons. The average Bonchev–Trinajstić information content (AvgIpc) is 2.50. The summed E-state index contributed by atoms with van der Waals surface area (Å²) in [4.78, 5) is 0. The normalized spacial score (nSPS) is 18.7. The molecule has 0 unspecified atom stereocenters. The van der Waals surface area contributed by atoms with Crippen LogP contribution in [0.1, 0.15) is 55.6 Å². The van der Waals surface area contributed by atoms with Gasteiger partial charge in [0.05, 0.1) is 0 Å². The molecule has 1 nitrogen and oxygen atoms in total. The van der Waals surface area contributed by atoms with Crippen LogP contribution >= 0.6 is 0 Å². The van der Waals surface area contributed by atoms with Crippen LogP contribution in [0.3, 0.4) is 0 Å². The molecule has 0 amide bonds. The fraction of sp³-hybridized carbons (Fsp3) is 0.571. The molecular formula is C14H21N. The van der Waals surface area contributed by atoms with Gasteiger partial charge in [-0.3, -0.25) is 0 Å². The van der Waals surface area contributed by atoms with Crippen LogP contribution in [-0.2, 0) is 0 Å². The van der Waals surface area contributed by atoms with E-state index < -0.39 is 0 Å². The monoisotopic (exact) mass is 203 g/mol. The minimum absolute atomic E-state index is 0.784. The van der Waals surface area contributed by atoms with E-state index in [9.17, 15) is 0 Å². The summed E-state index contributed by atoms with van der Waals surface area (Å²) < 4.78 is 0. The van der Waals surface area contributed by atoms with Gasteiger partial charge in [-0.15, -0.1) is 0 Å². The maximum absolute atomic E-state index is 5.85. The van der Waals surface area contributed by atoms with E-state index in [0.717, 1.165) is 11.6 Å². The maximum Gasteiger partial charge on any atom is 0.0343 e. The van der Waals surface area contributed by atoms with E-state index in [-0.39, 0.29) is 0 Å². The molecule has 1 heteroatoms. The van der Waals surface area contributed by atoms with E-state index in [1.807, 2.05) is 0 Å². The molecule has 0 radical (unpaired) electrons. The van der Waals surface area contributed by atoms with Gasteiger partial charge in [-0.1, -0.05) is 37.8 Å². The highest BCUT2D eigenvalue weighted by atomic mass is 14.5. The molecule has 2 N–H and O–H groups in total. The Morgan fingerprint density at radius 1 is 1.07 bits per heavy atom. The van der Waals surface area contributed by atoms with Crippen molar-refractivity contribution in [1.29, 1.82) is 0 Å². The van der Waals surface area contributed by atoms with Crippen molar-refractivity contribution in [2.45, 2.75) is 51.4 Å². The lowest BCUT2D eigenvalue weighted by atomic mass is 9.90. The average molecular weight is 203 g/mol. The van der Waals surface area contributed by atoms with E-state index >= 15 is 0 Å². The van der Waals surface area contributed by atoms with Crippen LogP contribution in [0.2, 0.25) is 0 Å². The van der Waals surface area contributed by atoms with Gasteiger partial charge in [0.15, 0.2) is 0 Å². The number of benzene rings is 1. The molecule has 1 saturated carbocycles. The quantitative estimate of drug-likeness (QED) is 0.541. The molecule has 1 fully saturated rings. The number of hydrogen-bond acceptors (Lipinski definition) is 1. The predicted molar refractivity (Wildman–Crippen MR) is 66.0 cm³/mol. The molecule has 1 aromatic carbocycles. The molecule has 0 spiro atoms. The van der Waals surface area contributed by atoms with E-state index in [1.165, 1.54) is 49.7 Å². The molecule has 1 aliphatic carbocycles. The van der Waals surface area contributed by atoms with Crippen molar-refractivity contribution in [3.05, 3.63) is 29.3 Å². The maximum atomic E-state index is 5.85. The molecule has 0 saturated heterocycles. The van der Waals surface area contributed by atoms with E-state index in [1.54, 1.807) is 0 Å². The van der Waals surface area contributed by atoms with Crippen LogP contribution in [0, 0.1) is 6.92 Å². The van der Waals surface area contributed by atoms with Gasteiger partial charge in [0.1, 0.15) is 0 Å². The lowest BCUT2D eigenvalue weighted by molar-refractivity contribution is 0.592. The highest BCUT2D eigenvalue weighted by Crippen LogP contribution is 2.32. The summed E-state index contributed by atoms with van der Waals surface area (Å²) in [6, 6.07) is 6.57. The molecule has 0 atom stereocenters. The Kier molecular flexibility index (Phi) is 3.30. The van der Waals surface area contributed by atoms with Crippen molar-refractivity contribution in [2.75, 3.05) is 5.73 Å². The van der Waals surface area contributed by atoms with E-state index in [4.69, 9.17) is 5.73 Å². The zero-order valence-electron chi connectivity index (χ0n) is 9.63. The Bertz CT molecular complexity index is 322. The number of rotatable bonds is 1. The van der Waals surface area contributed by atoms with Crippen LogP contribution in [0.4, 0.5) is 5.69 Å².